The molecule has 204 valence electrons. The van der Waals surface area contributed by atoms with Crippen molar-refractivity contribution < 1.29 is 31.2 Å². The third kappa shape index (κ3) is 8.51. The maximum atomic E-state index is 13.6. The predicted octanol–water partition coefficient (Wildman–Crippen LogP) is 5.11. The second-order valence-electron chi connectivity index (χ2n) is 8.68. The molecule has 0 unspecified atom stereocenters. The van der Waals surface area contributed by atoms with E-state index in [1.165, 1.54) is 17.0 Å². The highest BCUT2D eigenvalue weighted by Gasteiger charge is 2.34. The first-order chi connectivity index (χ1) is 17.0. The number of alkyl halides is 3. The van der Waals surface area contributed by atoms with E-state index in [0.29, 0.717) is 15.9 Å². The summed E-state index contributed by atoms with van der Waals surface area (Å²) >= 11 is 12.1. The smallest absolute Gasteiger partial charge is 0.352 e. The molecule has 2 aromatic carbocycles. The van der Waals surface area contributed by atoms with Gasteiger partial charge in [0.25, 0.3) is 0 Å². The fourth-order valence-electron chi connectivity index (χ4n) is 3.59. The van der Waals surface area contributed by atoms with Gasteiger partial charge in [-0.3, -0.25) is 13.9 Å². The molecule has 0 aliphatic rings. The van der Waals surface area contributed by atoms with Gasteiger partial charge >= 0.3 is 6.18 Å². The maximum absolute atomic E-state index is 13.6. The highest BCUT2D eigenvalue weighted by atomic mass is 35.5. The van der Waals surface area contributed by atoms with Crippen molar-refractivity contribution in [2.75, 3.05) is 17.1 Å². The van der Waals surface area contributed by atoms with Crippen LogP contribution in [0.5, 0.6) is 0 Å². The predicted molar refractivity (Wildman–Crippen MR) is 138 cm³/mol. The van der Waals surface area contributed by atoms with Crippen LogP contribution in [0.2, 0.25) is 10.0 Å². The van der Waals surface area contributed by atoms with E-state index in [4.69, 9.17) is 23.2 Å². The average Bonchev–Trinajstić information content (AvgIpc) is 2.77. The summed E-state index contributed by atoms with van der Waals surface area (Å²) in [5, 5.41) is 3.23. The van der Waals surface area contributed by atoms with Gasteiger partial charge in [-0.05, 0) is 56.2 Å². The number of carbonyl (C=O) groups is 2. The summed E-state index contributed by atoms with van der Waals surface area (Å²) in [6.07, 6.45) is -3.74. The van der Waals surface area contributed by atoms with Crippen LogP contribution in [-0.2, 0) is 32.3 Å². The zero-order chi connectivity index (χ0) is 28.1. The first-order valence-corrected chi connectivity index (χ1v) is 13.8. The van der Waals surface area contributed by atoms with Crippen molar-refractivity contribution in [1.29, 1.82) is 0 Å². The van der Waals surface area contributed by atoms with E-state index in [2.05, 4.69) is 5.32 Å². The zero-order valence-corrected chi connectivity index (χ0v) is 23.0. The molecule has 0 aromatic heterocycles. The third-order valence-electron chi connectivity index (χ3n) is 5.29. The van der Waals surface area contributed by atoms with Crippen LogP contribution >= 0.6 is 23.2 Å². The van der Waals surface area contributed by atoms with Crippen LogP contribution in [0.3, 0.4) is 0 Å². The summed E-state index contributed by atoms with van der Waals surface area (Å²) in [6.45, 7) is 4.22. The summed E-state index contributed by atoms with van der Waals surface area (Å²) < 4.78 is 65.5. The Bertz CT molecular complexity index is 1240. The van der Waals surface area contributed by atoms with Crippen molar-refractivity contribution >= 4 is 50.7 Å². The fraction of sp³-hybridized carbons (Fsp3) is 0.417. The Kier molecular flexibility index (Phi) is 10.3. The van der Waals surface area contributed by atoms with E-state index in [0.717, 1.165) is 24.5 Å². The lowest BCUT2D eigenvalue weighted by atomic mass is 10.1. The molecule has 2 rings (SSSR count). The van der Waals surface area contributed by atoms with Crippen LogP contribution in [0, 0.1) is 0 Å². The molecule has 1 atom stereocenters. The van der Waals surface area contributed by atoms with Crippen molar-refractivity contribution in [3.8, 4) is 0 Å². The third-order valence-corrected chi connectivity index (χ3v) is 7.17. The summed E-state index contributed by atoms with van der Waals surface area (Å²) in [5.41, 5.74) is -0.884. The summed E-state index contributed by atoms with van der Waals surface area (Å²) in [5.74, 6) is -1.25. The molecule has 0 bridgehead atoms. The molecule has 0 fully saturated rings. The molecule has 2 amide bonds. The average molecular weight is 582 g/mol. The SMILES string of the molecule is CC[C@@H](C(=O)NC(C)C)N(Cc1ccc(Cl)c(Cl)c1)C(=O)CN(c1cccc(C(F)(F)F)c1)S(C)(=O)=O. The number of nitrogens with zero attached hydrogens (tertiary/aromatic N) is 2. The Balaban J connectivity index is 2.51. The van der Waals surface area contributed by atoms with E-state index in [-0.39, 0.29) is 34.7 Å². The first-order valence-electron chi connectivity index (χ1n) is 11.2. The highest BCUT2D eigenvalue weighted by Crippen LogP contribution is 2.32. The fourth-order valence-corrected chi connectivity index (χ4v) is 4.75. The van der Waals surface area contributed by atoms with Crippen molar-refractivity contribution in [2.24, 2.45) is 0 Å². The van der Waals surface area contributed by atoms with Gasteiger partial charge in [-0.15, -0.1) is 0 Å². The number of halogens is 5. The van der Waals surface area contributed by atoms with Crippen molar-refractivity contribution in [3.63, 3.8) is 0 Å². The van der Waals surface area contributed by atoms with E-state index < -0.39 is 46.2 Å². The summed E-state index contributed by atoms with van der Waals surface area (Å²) in [6, 6.07) is 7.07. The number of hydrogen-bond acceptors (Lipinski definition) is 4. The molecular weight excluding hydrogens is 554 g/mol. The maximum Gasteiger partial charge on any atom is 0.416 e. The van der Waals surface area contributed by atoms with Gasteiger partial charge < -0.3 is 10.2 Å². The number of anilines is 1. The minimum atomic E-state index is -4.72. The summed E-state index contributed by atoms with van der Waals surface area (Å²) in [7, 11) is -4.19. The minimum absolute atomic E-state index is 0.125. The first kappa shape index (κ1) is 30.7. The number of sulfonamides is 1. The summed E-state index contributed by atoms with van der Waals surface area (Å²) in [4.78, 5) is 27.7. The molecule has 7 nitrogen and oxygen atoms in total. The molecule has 2 aromatic rings. The largest absolute Gasteiger partial charge is 0.416 e. The van der Waals surface area contributed by atoms with Crippen molar-refractivity contribution in [2.45, 2.75) is 52.0 Å². The Labute approximate surface area is 224 Å². The lowest BCUT2D eigenvalue weighted by Crippen LogP contribution is -2.53. The van der Waals surface area contributed by atoms with Crippen LogP contribution < -0.4 is 9.62 Å². The monoisotopic (exact) mass is 581 g/mol. The van der Waals surface area contributed by atoms with Crippen LogP contribution in [0.15, 0.2) is 42.5 Å². The van der Waals surface area contributed by atoms with Gasteiger partial charge in [-0.2, -0.15) is 13.2 Å². The Morgan fingerprint density at radius 2 is 1.70 bits per heavy atom. The van der Waals surface area contributed by atoms with E-state index in [1.807, 2.05) is 0 Å². The van der Waals surface area contributed by atoms with Crippen LogP contribution in [0.4, 0.5) is 18.9 Å². The standard InChI is InChI=1S/C24H28Cl2F3N3O4S/c1-5-21(23(34)30-15(2)3)31(13-16-9-10-19(25)20(26)11-16)22(33)14-32(37(4,35)36)18-8-6-7-17(12-18)24(27,28)29/h6-12,15,21H,5,13-14H2,1-4H3,(H,30,34)/t21-/m0/s1. The second-order valence-corrected chi connectivity index (χ2v) is 11.4. The highest BCUT2D eigenvalue weighted by molar-refractivity contribution is 7.92. The van der Waals surface area contributed by atoms with E-state index >= 15 is 0 Å². The Morgan fingerprint density at radius 1 is 1.05 bits per heavy atom. The van der Waals surface area contributed by atoms with Gasteiger partial charge in [0.05, 0.1) is 27.6 Å². The molecule has 0 aliphatic heterocycles. The molecular formula is C24H28Cl2F3N3O4S. The van der Waals surface area contributed by atoms with Crippen LogP contribution in [0.1, 0.15) is 38.3 Å². The number of hydrogen-bond donors (Lipinski definition) is 1. The van der Waals surface area contributed by atoms with Gasteiger partial charge in [0.15, 0.2) is 0 Å². The molecule has 0 radical (unpaired) electrons. The lowest BCUT2D eigenvalue weighted by Gasteiger charge is -2.33. The van der Waals surface area contributed by atoms with E-state index in [9.17, 15) is 31.2 Å². The van der Waals surface area contributed by atoms with Gasteiger partial charge in [0.2, 0.25) is 21.8 Å². The van der Waals surface area contributed by atoms with Crippen molar-refractivity contribution in [1.82, 2.24) is 10.2 Å². The number of nitrogens with one attached hydrogen (secondary N) is 1. The number of rotatable bonds is 10. The molecule has 1 N–H and O–H groups in total. The van der Waals surface area contributed by atoms with Crippen molar-refractivity contribution in [3.05, 3.63) is 63.6 Å². The molecule has 13 heteroatoms. The molecule has 0 aliphatic carbocycles. The lowest BCUT2D eigenvalue weighted by molar-refractivity contribution is -0.140. The zero-order valence-electron chi connectivity index (χ0n) is 20.6. The van der Waals surface area contributed by atoms with Gasteiger partial charge in [0.1, 0.15) is 12.6 Å². The van der Waals surface area contributed by atoms with Crippen LogP contribution in [0.25, 0.3) is 0 Å². The van der Waals surface area contributed by atoms with Crippen LogP contribution in [-0.4, -0.2) is 50.0 Å². The molecule has 0 saturated carbocycles. The van der Waals surface area contributed by atoms with Gasteiger partial charge in [0, 0.05) is 12.6 Å². The number of amides is 2. The molecule has 37 heavy (non-hydrogen) atoms. The number of carbonyl (C=O) groups excluding carboxylic acids is 2. The molecule has 0 spiro atoms. The normalized spacial score (nSPS) is 12.8. The van der Waals surface area contributed by atoms with Gasteiger partial charge in [-0.1, -0.05) is 42.3 Å². The Hall–Kier alpha value is -2.50. The molecule has 0 saturated heterocycles. The van der Waals surface area contributed by atoms with Gasteiger partial charge in [-0.25, -0.2) is 8.42 Å². The Morgan fingerprint density at radius 3 is 2.22 bits per heavy atom. The van der Waals surface area contributed by atoms with E-state index in [1.54, 1.807) is 26.8 Å². The molecule has 0 heterocycles. The number of benzene rings is 2. The second kappa shape index (κ2) is 12.4. The quantitative estimate of drug-likeness (QED) is 0.422. The minimum Gasteiger partial charge on any atom is -0.352 e. The topological polar surface area (TPSA) is 86.8 Å².